The quantitative estimate of drug-likeness (QED) is 0.811. The minimum atomic E-state index is -3.63. The SMILES string of the molecule is Cc1noc(C)c1CN(C)C(=O)Nc1cccc(S(=O)(=O)N2CCOCC2)c1. The number of anilines is 1. The second-order valence-electron chi connectivity index (χ2n) is 6.63. The smallest absolute Gasteiger partial charge is 0.321 e. The molecule has 10 heteroatoms. The number of amides is 2. The lowest BCUT2D eigenvalue weighted by Gasteiger charge is -2.26. The van der Waals surface area contributed by atoms with E-state index in [1.165, 1.54) is 21.3 Å². The van der Waals surface area contributed by atoms with Crippen LogP contribution < -0.4 is 5.32 Å². The lowest BCUT2D eigenvalue weighted by molar-refractivity contribution is 0.0730. The van der Waals surface area contributed by atoms with Crippen LogP contribution in [0.2, 0.25) is 0 Å². The van der Waals surface area contributed by atoms with Gasteiger partial charge in [-0.3, -0.25) is 0 Å². The zero-order valence-electron chi connectivity index (χ0n) is 16.1. The molecule has 0 unspecified atom stereocenters. The molecule has 2 amide bonds. The van der Waals surface area contributed by atoms with E-state index in [0.29, 0.717) is 44.3 Å². The van der Waals surface area contributed by atoms with Gasteiger partial charge in [0.1, 0.15) is 5.76 Å². The van der Waals surface area contributed by atoms with Crippen molar-refractivity contribution in [1.29, 1.82) is 0 Å². The molecular weight excluding hydrogens is 384 g/mol. The monoisotopic (exact) mass is 408 g/mol. The number of carbonyl (C=O) groups is 1. The summed E-state index contributed by atoms with van der Waals surface area (Å²) in [6.45, 7) is 5.33. The van der Waals surface area contributed by atoms with E-state index in [1.54, 1.807) is 26.1 Å². The van der Waals surface area contributed by atoms with Gasteiger partial charge >= 0.3 is 6.03 Å². The van der Waals surface area contributed by atoms with Gasteiger partial charge in [0, 0.05) is 31.4 Å². The number of aryl methyl sites for hydroxylation is 2. The van der Waals surface area contributed by atoms with Gasteiger partial charge in [0.25, 0.3) is 0 Å². The van der Waals surface area contributed by atoms with Crippen molar-refractivity contribution in [2.45, 2.75) is 25.3 Å². The minimum Gasteiger partial charge on any atom is -0.379 e. The maximum atomic E-state index is 12.8. The molecule has 0 aliphatic carbocycles. The number of hydrogen-bond acceptors (Lipinski definition) is 6. The van der Waals surface area contributed by atoms with Gasteiger partial charge in [-0.05, 0) is 32.0 Å². The predicted molar refractivity (Wildman–Crippen MR) is 102 cm³/mol. The number of ether oxygens (including phenoxy) is 1. The van der Waals surface area contributed by atoms with Crippen molar-refractivity contribution in [3.05, 3.63) is 41.3 Å². The number of rotatable bonds is 5. The molecule has 1 saturated heterocycles. The summed E-state index contributed by atoms with van der Waals surface area (Å²) in [6.07, 6.45) is 0. The maximum Gasteiger partial charge on any atom is 0.321 e. The van der Waals surface area contributed by atoms with E-state index in [-0.39, 0.29) is 10.9 Å². The molecular formula is C18H24N4O5S. The van der Waals surface area contributed by atoms with E-state index in [1.807, 2.05) is 6.92 Å². The lowest BCUT2D eigenvalue weighted by Crippen LogP contribution is -2.40. The minimum absolute atomic E-state index is 0.139. The molecule has 1 aliphatic heterocycles. The van der Waals surface area contributed by atoms with Gasteiger partial charge < -0.3 is 19.5 Å². The van der Waals surface area contributed by atoms with Gasteiger partial charge in [-0.15, -0.1) is 0 Å². The maximum absolute atomic E-state index is 12.8. The Balaban J connectivity index is 1.71. The molecule has 0 spiro atoms. The summed E-state index contributed by atoms with van der Waals surface area (Å²) in [5, 5.41) is 6.62. The highest BCUT2D eigenvalue weighted by atomic mass is 32.2. The fourth-order valence-corrected chi connectivity index (χ4v) is 4.38. The Morgan fingerprint density at radius 2 is 2.00 bits per heavy atom. The Bertz CT molecular complexity index is 931. The first-order chi connectivity index (χ1) is 13.3. The third kappa shape index (κ3) is 4.34. The zero-order valence-corrected chi connectivity index (χ0v) is 17.0. The largest absolute Gasteiger partial charge is 0.379 e. The van der Waals surface area contributed by atoms with Crippen LogP contribution in [0.1, 0.15) is 17.0 Å². The molecule has 0 radical (unpaired) electrons. The van der Waals surface area contributed by atoms with Gasteiger partial charge in [-0.25, -0.2) is 13.2 Å². The van der Waals surface area contributed by atoms with Crippen LogP contribution in [0.3, 0.4) is 0 Å². The molecule has 1 aliphatic rings. The van der Waals surface area contributed by atoms with Crippen molar-refractivity contribution >= 4 is 21.7 Å². The van der Waals surface area contributed by atoms with Crippen LogP contribution in [0.4, 0.5) is 10.5 Å². The highest BCUT2D eigenvalue weighted by molar-refractivity contribution is 7.89. The summed E-state index contributed by atoms with van der Waals surface area (Å²) in [5.41, 5.74) is 1.99. The van der Waals surface area contributed by atoms with E-state index in [4.69, 9.17) is 9.26 Å². The number of benzene rings is 1. The van der Waals surface area contributed by atoms with Crippen LogP contribution in [0.15, 0.2) is 33.7 Å². The molecule has 1 N–H and O–H groups in total. The van der Waals surface area contributed by atoms with Gasteiger partial charge in [0.05, 0.1) is 30.3 Å². The second kappa shape index (κ2) is 8.29. The Hall–Kier alpha value is -2.43. The van der Waals surface area contributed by atoms with Crippen LogP contribution in [0.5, 0.6) is 0 Å². The molecule has 3 rings (SSSR count). The van der Waals surface area contributed by atoms with E-state index in [9.17, 15) is 13.2 Å². The summed E-state index contributed by atoms with van der Waals surface area (Å²) in [6, 6.07) is 5.89. The van der Waals surface area contributed by atoms with Gasteiger partial charge in [0.2, 0.25) is 10.0 Å². The van der Waals surface area contributed by atoms with E-state index in [2.05, 4.69) is 10.5 Å². The molecule has 0 saturated carbocycles. The number of nitrogens with zero attached hydrogens (tertiary/aromatic N) is 3. The number of morpholine rings is 1. The average molecular weight is 408 g/mol. The fraction of sp³-hybridized carbons (Fsp3) is 0.444. The third-order valence-electron chi connectivity index (χ3n) is 4.62. The summed E-state index contributed by atoms with van der Waals surface area (Å²) < 4.78 is 37.3. The Labute approximate surface area is 164 Å². The van der Waals surface area contributed by atoms with Crippen molar-refractivity contribution in [1.82, 2.24) is 14.4 Å². The summed E-state index contributed by atoms with van der Waals surface area (Å²) in [4.78, 5) is 14.1. The molecule has 1 fully saturated rings. The molecule has 9 nitrogen and oxygen atoms in total. The summed E-state index contributed by atoms with van der Waals surface area (Å²) in [5.74, 6) is 0.663. The van der Waals surface area contributed by atoms with Gasteiger partial charge in [-0.2, -0.15) is 4.31 Å². The molecule has 2 aromatic rings. The number of hydrogen-bond donors (Lipinski definition) is 1. The molecule has 28 heavy (non-hydrogen) atoms. The molecule has 152 valence electrons. The number of urea groups is 1. The number of nitrogens with one attached hydrogen (secondary N) is 1. The summed E-state index contributed by atoms with van der Waals surface area (Å²) >= 11 is 0. The molecule has 1 aromatic carbocycles. The Kier molecular flexibility index (Phi) is 6.01. The fourth-order valence-electron chi connectivity index (χ4n) is 2.93. The first kappa shape index (κ1) is 20.3. The van der Waals surface area contributed by atoms with Crippen LogP contribution in [0.25, 0.3) is 0 Å². The standard InChI is InChI=1S/C18H24N4O5S/c1-13-17(14(2)27-20-13)12-21(3)18(23)19-15-5-4-6-16(11-15)28(24,25)22-7-9-26-10-8-22/h4-6,11H,7-10,12H2,1-3H3,(H,19,23). The van der Waals surface area contributed by atoms with Crippen molar-refractivity contribution in [2.24, 2.45) is 0 Å². The zero-order chi connectivity index (χ0) is 20.3. The van der Waals surface area contributed by atoms with E-state index >= 15 is 0 Å². The Morgan fingerprint density at radius 3 is 2.64 bits per heavy atom. The molecule has 0 bridgehead atoms. The van der Waals surface area contributed by atoms with E-state index < -0.39 is 10.0 Å². The summed E-state index contributed by atoms with van der Waals surface area (Å²) in [7, 11) is -1.98. The van der Waals surface area contributed by atoms with Gasteiger partial charge in [0.15, 0.2) is 0 Å². The van der Waals surface area contributed by atoms with Crippen molar-refractivity contribution in [3.63, 3.8) is 0 Å². The van der Waals surface area contributed by atoms with Crippen molar-refractivity contribution in [2.75, 3.05) is 38.7 Å². The highest BCUT2D eigenvalue weighted by Gasteiger charge is 2.26. The lowest BCUT2D eigenvalue weighted by atomic mass is 10.2. The first-order valence-electron chi connectivity index (χ1n) is 8.91. The normalized spacial score (nSPS) is 15.4. The third-order valence-corrected chi connectivity index (χ3v) is 6.51. The van der Waals surface area contributed by atoms with Crippen LogP contribution in [-0.4, -0.2) is 62.2 Å². The highest BCUT2D eigenvalue weighted by Crippen LogP contribution is 2.21. The topological polar surface area (TPSA) is 105 Å². The van der Waals surface area contributed by atoms with Gasteiger partial charge in [-0.1, -0.05) is 11.2 Å². The average Bonchev–Trinajstić information content (AvgIpc) is 3.00. The number of carbonyl (C=O) groups excluding carboxylic acids is 1. The number of sulfonamides is 1. The molecule has 2 heterocycles. The second-order valence-corrected chi connectivity index (χ2v) is 8.57. The number of aromatic nitrogens is 1. The predicted octanol–water partition coefficient (Wildman–Crippen LogP) is 1.98. The first-order valence-corrected chi connectivity index (χ1v) is 10.3. The van der Waals surface area contributed by atoms with Crippen molar-refractivity contribution < 1.29 is 22.5 Å². The van der Waals surface area contributed by atoms with Crippen LogP contribution >= 0.6 is 0 Å². The molecule has 1 aromatic heterocycles. The molecule has 0 atom stereocenters. The van der Waals surface area contributed by atoms with Crippen LogP contribution in [-0.2, 0) is 21.3 Å². The van der Waals surface area contributed by atoms with Crippen LogP contribution in [0, 0.1) is 13.8 Å². The van der Waals surface area contributed by atoms with E-state index in [0.717, 1.165) is 11.3 Å². The van der Waals surface area contributed by atoms with Crippen molar-refractivity contribution in [3.8, 4) is 0 Å². The Morgan fingerprint density at radius 1 is 1.29 bits per heavy atom.